The monoisotopic (exact) mass is 230 g/mol. The number of hydrogen-bond acceptors (Lipinski definition) is 4. The van der Waals surface area contributed by atoms with Crippen LogP contribution in [0.5, 0.6) is 0 Å². The first kappa shape index (κ1) is 13.4. The Balaban J connectivity index is 2.42. The number of hydrogen-bond donors (Lipinski definition) is 2. The fourth-order valence-corrected chi connectivity index (χ4v) is 1.96. The number of amides is 1. The van der Waals surface area contributed by atoms with E-state index < -0.39 is 0 Å². The van der Waals surface area contributed by atoms with Crippen LogP contribution in [0.3, 0.4) is 0 Å². The standard InChI is InChI=1S/C11H22N2O3/c1-9(2)11(16)13-5-3-12(4-6-13)10(7-14)8-15/h9-10,14-15H,3-8H2,1-2H3. The molecule has 1 aliphatic rings. The summed E-state index contributed by atoms with van der Waals surface area (Å²) in [5, 5.41) is 18.1. The van der Waals surface area contributed by atoms with Gasteiger partial charge in [0.2, 0.25) is 5.91 Å². The molecule has 0 atom stereocenters. The lowest BCUT2D eigenvalue weighted by molar-refractivity contribution is -0.136. The molecular weight excluding hydrogens is 208 g/mol. The molecule has 0 aromatic heterocycles. The Kier molecular flexibility index (Phi) is 5.18. The van der Waals surface area contributed by atoms with Gasteiger partial charge in [-0.1, -0.05) is 13.8 Å². The number of piperazine rings is 1. The van der Waals surface area contributed by atoms with Gasteiger partial charge in [0.1, 0.15) is 0 Å². The molecule has 0 spiro atoms. The first-order chi connectivity index (χ1) is 7.60. The minimum atomic E-state index is -0.184. The van der Waals surface area contributed by atoms with E-state index in [1.54, 1.807) is 0 Å². The summed E-state index contributed by atoms with van der Waals surface area (Å²) in [7, 11) is 0. The maximum atomic E-state index is 11.7. The SMILES string of the molecule is CC(C)C(=O)N1CCN(C(CO)CO)CC1. The van der Waals surface area contributed by atoms with Gasteiger partial charge in [-0.05, 0) is 0 Å². The van der Waals surface area contributed by atoms with Gasteiger partial charge in [0.15, 0.2) is 0 Å². The summed E-state index contributed by atoms with van der Waals surface area (Å²) in [5.74, 6) is 0.224. The molecule has 16 heavy (non-hydrogen) atoms. The molecule has 0 aromatic rings. The van der Waals surface area contributed by atoms with Crippen molar-refractivity contribution in [1.29, 1.82) is 0 Å². The average molecular weight is 230 g/mol. The van der Waals surface area contributed by atoms with Crippen molar-refractivity contribution in [2.45, 2.75) is 19.9 Å². The zero-order chi connectivity index (χ0) is 12.1. The molecule has 0 aromatic carbocycles. The first-order valence-electron chi connectivity index (χ1n) is 5.84. The number of aliphatic hydroxyl groups is 2. The number of rotatable bonds is 4. The third-order valence-electron chi connectivity index (χ3n) is 3.06. The molecular formula is C11H22N2O3. The lowest BCUT2D eigenvalue weighted by Crippen LogP contribution is -2.54. The first-order valence-corrected chi connectivity index (χ1v) is 5.84. The van der Waals surface area contributed by atoms with Crippen molar-refractivity contribution in [3.05, 3.63) is 0 Å². The topological polar surface area (TPSA) is 64.0 Å². The van der Waals surface area contributed by atoms with Gasteiger partial charge in [0.05, 0.1) is 19.3 Å². The Morgan fingerprint density at radius 2 is 1.62 bits per heavy atom. The largest absolute Gasteiger partial charge is 0.395 e. The van der Waals surface area contributed by atoms with Crippen LogP contribution in [0, 0.1) is 5.92 Å². The second-order valence-electron chi connectivity index (χ2n) is 4.53. The molecule has 5 nitrogen and oxygen atoms in total. The molecule has 1 rings (SSSR count). The van der Waals surface area contributed by atoms with Crippen molar-refractivity contribution in [3.8, 4) is 0 Å². The zero-order valence-corrected chi connectivity index (χ0v) is 10.1. The van der Waals surface area contributed by atoms with Gasteiger partial charge in [-0.3, -0.25) is 9.69 Å². The number of aliphatic hydroxyl groups excluding tert-OH is 2. The van der Waals surface area contributed by atoms with E-state index in [9.17, 15) is 4.79 Å². The molecule has 1 heterocycles. The highest BCUT2D eigenvalue weighted by atomic mass is 16.3. The van der Waals surface area contributed by atoms with E-state index in [0.29, 0.717) is 13.1 Å². The summed E-state index contributed by atoms with van der Waals surface area (Å²) in [6, 6.07) is -0.184. The third-order valence-corrected chi connectivity index (χ3v) is 3.06. The van der Waals surface area contributed by atoms with Crippen molar-refractivity contribution in [2.24, 2.45) is 5.92 Å². The van der Waals surface area contributed by atoms with Gasteiger partial charge in [-0.25, -0.2) is 0 Å². The molecule has 0 bridgehead atoms. The third kappa shape index (κ3) is 3.17. The van der Waals surface area contributed by atoms with Crippen LogP contribution in [0.1, 0.15) is 13.8 Å². The average Bonchev–Trinajstić information content (AvgIpc) is 2.30. The maximum Gasteiger partial charge on any atom is 0.225 e. The van der Waals surface area contributed by atoms with Crippen LogP contribution < -0.4 is 0 Å². The van der Waals surface area contributed by atoms with Crippen molar-refractivity contribution >= 4 is 5.91 Å². The summed E-state index contributed by atoms with van der Waals surface area (Å²) in [6.45, 7) is 6.57. The number of nitrogens with zero attached hydrogens (tertiary/aromatic N) is 2. The quantitative estimate of drug-likeness (QED) is 0.659. The van der Waals surface area contributed by atoms with Crippen LogP contribution >= 0.6 is 0 Å². The van der Waals surface area contributed by atoms with Crippen molar-refractivity contribution in [3.63, 3.8) is 0 Å². The van der Waals surface area contributed by atoms with Gasteiger partial charge in [0.25, 0.3) is 0 Å². The number of carbonyl (C=O) groups excluding carboxylic acids is 1. The molecule has 0 saturated carbocycles. The molecule has 0 unspecified atom stereocenters. The van der Waals surface area contributed by atoms with E-state index in [-0.39, 0.29) is 31.1 Å². The highest BCUT2D eigenvalue weighted by Crippen LogP contribution is 2.09. The van der Waals surface area contributed by atoms with Gasteiger partial charge < -0.3 is 15.1 Å². The second-order valence-corrected chi connectivity index (χ2v) is 4.53. The fourth-order valence-electron chi connectivity index (χ4n) is 1.96. The molecule has 0 radical (unpaired) electrons. The van der Waals surface area contributed by atoms with E-state index in [0.717, 1.165) is 13.1 Å². The Morgan fingerprint density at radius 3 is 2.00 bits per heavy atom. The minimum Gasteiger partial charge on any atom is -0.395 e. The van der Waals surface area contributed by atoms with Crippen molar-refractivity contribution < 1.29 is 15.0 Å². The van der Waals surface area contributed by atoms with E-state index in [4.69, 9.17) is 10.2 Å². The van der Waals surface area contributed by atoms with Gasteiger partial charge >= 0.3 is 0 Å². The molecule has 1 saturated heterocycles. The minimum absolute atomic E-state index is 0.0331. The van der Waals surface area contributed by atoms with Gasteiger partial charge in [-0.15, -0.1) is 0 Å². The normalized spacial score (nSPS) is 18.5. The molecule has 94 valence electrons. The predicted octanol–water partition coefficient (Wildman–Crippen LogP) is -0.860. The molecule has 2 N–H and O–H groups in total. The predicted molar refractivity (Wildman–Crippen MR) is 61.0 cm³/mol. The van der Waals surface area contributed by atoms with Crippen LogP contribution in [0.15, 0.2) is 0 Å². The summed E-state index contributed by atoms with van der Waals surface area (Å²) in [4.78, 5) is 15.6. The molecule has 5 heteroatoms. The van der Waals surface area contributed by atoms with Crippen LogP contribution in [-0.2, 0) is 4.79 Å². The van der Waals surface area contributed by atoms with Gasteiger partial charge in [0, 0.05) is 32.1 Å². The lowest BCUT2D eigenvalue weighted by Gasteiger charge is -2.38. The van der Waals surface area contributed by atoms with E-state index in [1.165, 1.54) is 0 Å². The highest BCUT2D eigenvalue weighted by molar-refractivity contribution is 5.78. The summed E-state index contributed by atoms with van der Waals surface area (Å²) < 4.78 is 0. The fraction of sp³-hybridized carbons (Fsp3) is 0.909. The van der Waals surface area contributed by atoms with Crippen LogP contribution in [0.4, 0.5) is 0 Å². The summed E-state index contributed by atoms with van der Waals surface area (Å²) in [6.07, 6.45) is 0. The smallest absolute Gasteiger partial charge is 0.225 e. The lowest BCUT2D eigenvalue weighted by atomic mass is 10.1. The molecule has 1 fully saturated rings. The van der Waals surface area contributed by atoms with Crippen molar-refractivity contribution in [1.82, 2.24) is 9.80 Å². The summed E-state index contributed by atoms with van der Waals surface area (Å²) in [5.41, 5.74) is 0. The number of carbonyl (C=O) groups is 1. The van der Waals surface area contributed by atoms with Crippen LogP contribution in [0.25, 0.3) is 0 Å². The molecule has 0 aliphatic carbocycles. The Bertz CT molecular complexity index is 221. The van der Waals surface area contributed by atoms with Crippen LogP contribution in [0.2, 0.25) is 0 Å². The molecule has 1 amide bonds. The Morgan fingerprint density at radius 1 is 1.12 bits per heavy atom. The van der Waals surface area contributed by atoms with Crippen molar-refractivity contribution in [2.75, 3.05) is 39.4 Å². The Labute approximate surface area is 96.7 Å². The highest BCUT2D eigenvalue weighted by Gasteiger charge is 2.26. The van der Waals surface area contributed by atoms with E-state index >= 15 is 0 Å². The molecule has 1 aliphatic heterocycles. The van der Waals surface area contributed by atoms with Crippen LogP contribution in [-0.4, -0.2) is 71.4 Å². The Hall–Kier alpha value is -0.650. The van der Waals surface area contributed by atoms with E-state index in [2.05, 4.69) is 0 Å². The van der Waals surface area contributed by atoms with Gasteiger partial charge in [-0.2, -0.15) is 0 Å². The zero-order valence-electron chi connectivity index (χ0n) is 10.1. The summed E-state index contributed by atoms with van der Waals surface area (Å²) >= 11 is 0. The maximum absolute atomic E-state index is 11.7. The van der Waals surface area contributed by atoms with E-state index in [1.807, 2.05) is 23.6 Å². The second kappa shape index (κ2) is 6.18.